The van der Waals surface area contributed by atoms with Gasteiger partial charge in [-0.2, -0.15) is 0 Å². The molecule has 1 saturated heterocycles. The van der Waals surface area contributed by atoms with Crippen molar-refractivity contribution in [3.8, 4) is 0 Å². The van der Waals surface area contributed by atoms with Gasteiger partial charge in [-0.05, 0) is 27.7 Å². The minimum absolute atomic E-state index is 0.0112. The quantitative estimate of drug-likeness (QED) is 0.612. The lowest BCUT2D eigenvalue weighted by molar-refractivity contribution is -0.222. The monoisotopic (exact) mass is 304 g/mol. The molecule has 4 atom stereocenters. The molecule has 0 aromatic rings. The van der Waals surface area contributed by atoms with Crippen LogP contribution in [0.4, 0.5) is 0 Å². The van der Waals surface area contributed by atoms with Crippen molar-refractivity contribution < 1.29 is 23.7 Å². The van der Waals surface area contributed by atoms with Crippen molar-refractivity contribution in [1.82, 2.24) is 0 Å². The summed E-state index contributed by atoms with van der Waals surface area (Å²) in [6.07, 6.45) is 0.124. The lowest BCUT2D eigenvalue weighted by Crippen LogP contribution is -2.54. The Bertz CT molecular complexity index is 269. The average Bonchev–Trinajstić information content (AvgIpc) is 2.40. The van der Waals surface area contributed by atoms with E-state index in [4.69, 9.17) is 23.7 Å². The molecule has 1 aliphatic rings. The first-order valence-electron chi connectivity index (χ1n) is 7.94. The van der Waals surface area contributed by atoms with Crippen LogP contribution in [0.3, 0.4) is 0 Å². The highest BCUT2D eigenvalue weighted by atomic mass is 16.6. The summed E-state index contributed by atoms with van der Waals surface area (Å²) in [6, 6.07) is 0. The van der Waals surface area contributed by atoms with E-state index in [9.17, 15) is 0 Å². The molecule has 0 N–H and O–H groups in total. The lowest BCUT2D eigenvalue weighted by Gasteiger charge is -2.42. The van der Waals surface area contributed by atoms with E-state index in [1.165, 1.54) is 0 Å². The molecule has 5 heteroatoms. The number of ether oxygens (including phenoxy) is 5. The van der Waals surface area contributed by atoms with Crippen LogP contribution in [-0.4, -0.2) is 64.1 Å². The molecular formula is C16H32O5. The van der Waals surface area contributed by atoms with E-state index in [1.807, 2.05) is 27.7 Å². The summed E-state index contributed by atoms with van der Waals surface area (Å²) in [5, 5.41) is 0. The van der Waals surface area contributed by atoms with E-state index >= 15 is 0 Å². The van der Waals surface area contributed by atoms with Crippen LogP contribution in [-0.2, 0) is 23.7 Å². The Balaban J connectivity index is 2.68. The van der Waals surface area contributed by atoms with E-state index in [1.54, 1.807) is 7.11 Å². The third kappa shape index (κ3) is 6.61. The summed E-state index contributed by atoms with van der Waals surface area (Å²) in [7, 11) is 1.68. The minimum Gasteiger partial charge on any atom is -0.382 e. The molecule has 0 spiro atoms. The lowest BCUT2D eigenvalue weighted by atomic mass is 9.93. The van der Waals surface area contributed by atoms with Crippen LogP contribution >= 0.6 is 0 Å². The second-order valence-corrected chi connectivity index (χ2v) is 6.21. The van der Waals surface area contributed by atoms with Gasteiger partial charge >= 0.3 is 0 Å². The van der Waals surface area contributed by atoms with E-state index in [2.05, 4.69) is 6.92 Å². The number of rotatable bonds is 9. The van der Waals surface area contributed by atoms with Crippen molar-refractivity contribution in [1.29, 1.82) is 0 Å². The molecule has 1 fully saturated rings. The molecule has 1 rings (SSSR count). The van der Waals surface area contributed by atoms with E-state index in [0.717, 1.165) is 0 Å². The Kier molecular flexibility index (Phi) is 8.74. The number of hydrogen-bond acceptors (Lipinski definition) is 5. The van der Waals surface area contributed by atoms with Gasteiger partial charge in [0.15, 0.2) is 0 Å². The highest BCUT2D eigenvalue weighted by Crippen LogP contribution is 2.27. The molecule has 0 unspecified atom stereocenters. The maximum Gasteiger partial charge on any atom is 0.113 e. The Morgan fingerprint density at radius 3 is 2.33 bits per heavy atom. The number of methoxy groups -OCH3 is 1. The van der Waals surface area contributed by atoms with Crippen molar-refractivity contribution in [3.05, 3.63) is 0 Å². The van der Waals surface area contributed by atoms with Gasteiger partial charge in [0, 0.05) is 13.0 Å². The van der Waals surface area contributed by atoms with Crippen LogP contribution in [0.1, 0.15) is 34.6 Å². The Hall–Kier alpha value is -0.200. The van der Waals surface area contributed by atoms with Gasteiger partial charge in [-0.25, -0.2) is 0 Å². The van der Waals surface area contributed by atoms with Gasteiger partial charge in [-0.3, -0.25) is 0 Å². The summed E-state index contributed by atoms with van der Waals surface area (Å²) in [4.78, 5) is 0. The number of hydrogen-bond donors (Lipinski definition) is 0. The first-order valence-corrected chi connectivity index (χ1v) is 7.94. The highest BCUT2D eigenvalue weighted by molar-refractivity contribution is 4.88. The van der Waals surface area contributed by atoms with Crippen molar-refractivity contribution in [2.24, 2.45) is 5.92 Å². The van der Waals surface area contributed by atoms with Crippen LogP contribution in [0.15, 0.2) is 0 Å². The molecule has 0 aromatic carbocycles. The Labute approximate surface area is 129 Å². The molecule has 0 saturated carbocycles. The smallest absolute Gasteiger partial charge is 0.113 e. The fourth-order valence-corrected chi connectivity index (χ4v) is 2.44. The zero-order chi connectivity index (χ0) is 15.8. The second-order valence-electron chi connectivity index (χ2n) is 6.21. The molecule has 1 heterocycles. The van der Waals surface area contributed by atoms with Gasteiger partial charge in [0.2, 0.25) is 0 Å². The third-order valence-corrected chi connectivity index (χ3v) is 3.45. The molecule has 0 amide bonds. The van der Waals surface area contributed by atoms with E-state index in [0.29, 0.717) is 32.3 Å². The molecule has 0 radical (unpaired) electrons. The normalized spacial score (nSPS) is 30.3. The van der Waals surface area contributed by atoms with E-state index < -0.39 is 0 Å². The van der Waals surface area contributed by atoms with Gasteiger partial charge in [0.1, 0.15) is 12.2 Å². The topological polar surface area (TPSA) is 46.2 Å². The van der Waals surface area contributed by atoms with Crippen LogP contribution in [0, 0.1) is 5.92 Å². The van der Waals surface area contributed by atoms with Gasteiger partial charge < -0.3 is 23.7 Å². The summed E-state index contributed by atoms with van der Waals surface area (Å²) < 4.78 is 28.8. The predicted molar refractivity (Wildman–Crippen MR) is 81.6 cm³/mol. The molecule has 1 aliphatic heterocycles. The summed E-state index contributed by atoms with van der Waals surface area (Å²) >= 11 is 0. The van der Waals surface area contributed by atoms with Crippen molar-refractivity contribution in [2.75, 3.05) is 33.5 Å². The van der Waals surface area contributed by atoms with Crippen molar-refractivity contribution >= 4 is 0 Å². The van der Waals surface area contributed by atoms with Gasteiger partial charge in [0.05, 0.1) is 44.7 Å². The first-order chi connectivity index (χ1) is 9.95. The Morgan fingerprint density at radius 1 is 1.05 bits per heavy atom. The van der Waals surface area contributed by atoms with Gasteiger partial charge in [-0.1, -0.05) is 6.92 Å². The maximum atomic E-state index is 6.08. The summed E-state index contributed by atoms with van der Waals surface area (Å²) in [5.41, 5.74) is 0. The molecule has 126 valence electrons. The molecule has 21 heavy (non-hydrogen) atoms. The van der Waals surface area contributed by atoms with Crippen LogP contribution < -0.4 is 0 Å². The molecule has 0 aromatic heterocycles. The largest absolute Gasteiger partial charge is 0.382 e. The van der Waals surface area contributed by atoms with Gasteiger partial charge in [0.25, 0.3) is 0 Å². The third-order valence-electron chi connectivity index (χ3n) is 3.45. The average molecular weight is 304 g/mol. The fraction of sp³-hybridized carbons (Fsp3) is 1.00. The molecule has 5 nitrogen and oxygen atoms in total. The van der Waals surface area contributed by atoms with E-state index in [-0.39, 0.29) is 30.5 Å². The molecule has 0 bridgehead atoms. The first kappa shape index (κ1) is 18.8. The van der Waals surface area contributed by atoms with Crippen molar-refractivity contribution in [2.45, 2.75) is 65.1 Å². The SMILES string of the molecule is COCCO[C@@H]1[C@H](OC(C)C)[C@@H](COC(C)C)OC[C@H]1C. The van der Waals surface area contributed by atoms with Crippen LogP contribution in [0.2, 0.25) is 0 Å². The standard InChI is InChI=1S/C16H32O5/c1-11(2)19-10-14-16(21-12(3)4)15(13(5)9-20-14)18-8-7-17-6/h11-16H,7-10H2,1-6H3/t13-,14-,15+,16-/m1/s1. The minimum atomic E-state index is -0.107. The fourth-order valence-electron chi connectivity index (χ4n) is 2.44. The Morgan fingerprint density at radius 2 is 1.76 bits per heavy atom. The zero-order valence-corrected chi connectivity index (χ0v) is 14.3. The molecular weight excluding hydrogens is 272 g/mol. The van der Waals surface area contributed by atoms with Crippen LogP contribution in [0.5, 0.6) is 0 Å². The van der Waals surface area contributed by atoms with Crippen LogP contribution in [0.25, 0.3) is 0 Å². The maximum absolute atomic E-state index is 6.08. The summed E-state index contributed by atoms with van der Waals surface area (Å²) in [5.74, 6) is 0.293. The zero-order valence-electron chi connectivity index (χ0n) is 14.3. The molecule has 0 aliphatic carbocycles. The second kappa shape index (κ2) is 9.74. The van der Waals surface area contributed by atoms with Crippen molar-refractivity contribution in [3.63, 3.8) is 0 Å². The predicted octanol–water partition coefficient (Wildman–Crippen LogP) is 2.27. The van der Waals surface area contributed by atoms with Gasteiger partial charge in [-0.15, -0.1) is 0 Å². The highest BCUT2D eigenvalue weighted by Gasteiger charge is 2.40. The summed E-state index contributed by atoms with van der Waals surface area (Å²) in [6.45, 7) is 12.6.